The Morgan fingerprint density at radius 1 is 0.500 bits per heavy atom. The van der Waals surface area contributed by atoms with E-state index in [0.717, 1.165) is 27.0 Å². The van der Waals surface area contributed by atoms with Crippen molar-refractivity contribution in [1.29, 1.82) is 0 Å². The number of hydrogen-bond donors (Lipinski definition) is 0. The smallest absolute Gasteiger partial charge is 0.182 e. The van der Waals surface area contributed by atoms with Gasteiger partial charge >= 0.3 is 0 Å². The predicted octanol–water partition coefficient (Wildman–Crippen LogP) is 5.92. The molecule has 0 unspecified atom stereocenters. The third-order valence-electron chi connectivity index (χ3n) is 6.85. The van der Waals surface area contributed by atoms with Crippen molar-refractivity contribution < 1.29 is 23.7 Å². The molecule has 6 heteroatoms. The minimum absolute atomic E-state index is 0.0999. The molecule has 4 aromatic rings. The summed E-state index contributed by atoms with van der Waals surface area (Å²) in [5, 5.41) is 13.2. The average Bonchev–Trinajstić information content (AvgIpc) is 3.14. The average molecular weight is 538 g/mol. The van der Waals surface area contributed by atoms with E-state index in [1.807, 2.05) is 121 Å². The summed E-state index contributed by atoms with van der Waals surface area (Å²) in [5.41, 5.74) is 4.09. The molecule has 6 nitrogen and oxygen atoms in total. The highest BCUT2D eigenvalue weighted by Gasteiger charge is 2.43. The van der Waals surface area contributed by atoms with Gasteiger partial charge in [-0.05, 0) is 22.3 Å². The van der Waals surface area contributed by atoms with Gasteiger partial charge in [0.05, 0.1) is 26.4 Å². The zero-order chi connectivity index (χ0) is 27.4. The van der Waals surface area contributed by atoms with E-state index in [1.54, 1.807) is 6.21 Å². The summed E-state index contributed by atoms with van der Waals surface area (Å²) in [5.74, 6) is 0. The second kappa shape index (κ2) is 14.5. The van der Waals surface area contributed by atoms with Crippen molar-refractivity contribution in [3.63, 3.8) is 0 Å². The molecule has 1 heterocycles. The van der Waals surface area contributed by atoms with Crippen LogP contribution in [0.15, 0.2) is 121 Å². The van der Waals surface area contributed by atoms with Crippen LogP contribution in [-0.2, 0) is 45.4 Å². The number of nitrogens with zero attached hydrogens (tertiary/aromatic N) is 1. The van der Waals surface area contributed by atoms with E-state index in [0.29, 0.717) is 26.4 Å². The second-order valence-electron chi connectivity index (χ2n) is 9.87. The molecule has 4 atom stereocenters. The van der Waals surface area contributed by atoms with Crippen LogP contribution in [0.4, 0.5) is 0 Å². The van der Waals surface area contributed by atoms with Crippen LogP contribution < -0.4 is 0 Å². The van der Waals surface area contributed by atoms with Crippen molar-refractivity contribution in [3.05, 3.63) is 149 Å². The number of rotatable bonds is 12. The first-order valence-electron chi connectivity index (χ1n) is 13.7. The van der Waals surface area contributed by atoms with E-state index in [9.17, 15) is 5.21 Å². The molecule has 4 aromatic carbocycles. The van der Waals surface area contributed by atoms with Crippen molar-refractivity contribution >= 4 is 6.21 Å². The van der Waals surface area contributed by atoms with Gasteiger partial charge < -0.3 is 24.2 Å². The van der Waals surface area contributed by atoms with Crippen LogP contribution in [0, 0.1) is 5.21 Å². The minimum Gasteiger partial charge on any atom is -0.624 e. The highest BCUT2D eigenvalue weighted by Crippen LogP contribution is 2.24. The molecule has 5 rings (SSSR count). The fourth-order valence-corrected chi connectivity index (χ4v) is 4.74. The molecule has 0 spiro atoms. The van der Waals surface area contributed by atoms with Gasteiger partial charge in [-0.25, -0.2) is 4.74 Å². The lowest BCUT2D eigenvalue weighted by molar-refractivity contribution is -0.469. The summed E-state index contributed by atoms with van der Waals surface area (Å²) < 4.78 is 26.8. The Balaban J connectivity index is 1.42. The SMILES string of the molecule is [O-][N+]1=C[C@H](OCc2ccccc2)[C@H](OCc2ccccc2)[C@H](OCc2ccccc2)[C@@H](OCc2ccccc2)C1. The summed E-state index contributed by atoms with van der Waals surface area (Å²) in [6.45, 7) is 1.49. The first-order chi connectivity index (χ1) is 19.7. The van der Waals surface area contributed by atoms with Crippen LogP contribution >= 0.6 is 0 Å². The fraction of sp³-hybridized carbons (Fsp3) is 0.265. The van der Waals surface area contributed by atoms with Gasteiger partial charge in [0, 0.05) is 0 Å². The van der Waals surface area contributed by atoms with Gasteiger partial charge in [0.2, 0.25) is 0 Å². The molecule has 0 amide bonds. The quantitative estimate of drug-likeness (QED) is 0.166. The Morgan fingerprint density at radius 3 is 1.32 bits per heavy atom. The molecule has 0 aliphatic carbocycles. The summed E-state index contributed by atoms with van der Waals surface area (Å²) >= 11 is 0. The first-order valence-corrected chi connectivity index (χ1v) is 13.7. The van der Waals surface area contributed by atoms with Gasteiger partial charge in [0.25, 0.3) is 0 Å². The van der Waals surface area contributed by atoms with Gasteiger partial charge in [-0.1, -0.05) is 121 Å². The molecular formula is C34H35NO5. The van der Waals surface area contributed by atoms with E-state index in [4.69, 9.17) is 18.9 Å². The molecule has 0 saturated heterocycles. The molecule has 0 N–H and O–H groups in total. The van der Waals surface area contributed by atoms with Crippen LogP contribution in [0.1, 0.15) is 22.3 Å². The fourth-order valence-electron chi connectivity index (χ4n) is 4.74. The normalized spacial score (nSPS) is 20.9. The molecule has 0 bridgehead atoms. The molecule has 0 aromatic heterocycles. The lowest BCUT2D eigenvalue weighted by atomic mass is 10.0. The number of ether oxygens (including phenoxy) is 4. The predicted molar refractivity (Wildman–Crippen MR) is 155 cm³/mol. The summed E-state index contributed by atoms with van der Waals surface area (Å²) in [7, 11) is 0. The largest absolute Gasteiger partial charge is 0.624 e. The van der Waals surface area contributed by atoms with Crippen molar-refractivity contribution in [2.45, 2.75) is 50.8 Å². The maximum atomic E-state index is 13.2. The molecule has 0 fully saturated rings. The van der Waals surface area contributed by atoms with E-state index >= 15 is 0 Å². The maximum Gasteiger partial charge on any atom is 0.182 e. The lowest BCUT2D eigenvalue weighted by Crippen LogP contribution is -2.49. The van der Waals surface area contributed by atoms with E-state index in [-0.39, 0.29) is 6.54 Å². The van der Waals surface area contributed by atoms with Crippen LogP contribution in [-0.4, -0.2) is 41.9 Å². The summed E-state index contributed by atoms with van der Waals surface area (Å²) in [4.78, 5) is 0. The monoisotopic (exact) mass is 537 g/mol. The molecule has 1 aliphatic heterocycles. The van der Waals surface area contributed by atoms with Crippen molar-refractivity contribution in [2.24, 2.45) is 0 Å². The van der Waals surface area contributed by atoms with Gasteiger partial charge in [-0.3, -0.25) is 0 Å². The molecule has 206 valence electrons. The summed E-state index contributed by atoms with van der Waals surface area (Å²) in [6, 6.07) is 39.8. The highest BCUT2D eigenvalue weighted by atomic mass is 16.6. The van der Waals surface area contributed by atoms with Crippen LogP contribution in [0.25, 0.3) is 0 Å². The van der Waals surface area contributed by atoms with Gasteiger partial charge in [0.15, 0.2) is 18.9 Å². The third kappa shape index (κ3) is 8.10. The van der Waals surface area contributed by atoms with Crippen molar-refractivity contribution in [3.8, 4) is 0 Å². The Morgan fingerprint density at radius 2 is 0.875 bits per heavy atom. The Labute approximate surface area is 236 Å². The van der Waals surface area contributed by atoms with Gasteiger partial charge in [0.1, 0.15) is 18.3 Å². The number of benzene rings is 4. The highest BCUT2D eigenvalue weighted by molar-refractivity contribution is 5.59. The standard InChI is InChI=1S/C34H35NO5/c36-35-21-31(37-23-27-13-5-1-6-14-27)33(39-25-29-17-9-3-10-18-29)34(40-26-30-19-11-4-12-20-30)32(22-35)38-24-28-15-7-2-8-16-28/h1-21,31-34H,22-26H2/t31-,32-,33-,34+/m0/s1. The van der Waals surface area contributed by atoms with E-state index in [2.05, 4.69) is 0 Å². The first kappa shape index (κ1) is 27.7. The molecular weight excluding hydrogens is 502 g/mol. The topological polar surface area (TPSA) is 63.0 Å². The zero-order valence-electron chi connectivity index (χ0n) is 22.5. The molecule has 0 radical (unpaired) electrons. The Kier molecular flexibility index (Phi) is 10.1. The lowest BCUT2D eigenvalue weighted by Gasteiger charge is -2.33. The third-order valence-corrected chi connectivity index (χ3v) is 6.85. The van der Waals surface area contributed by atoms with Crippen LogP contribution in [0.3, 0.4) is 0 Å². The van der Waals surface area contributed by atoms with Crippen LogP contribution in [0.5, 0.6) is 0 Å². The Bertz CT molecular complexity index is 1300. The Hall–Kier alpha value is -3.81. The molecule has 1 aliphatic rings. The van der Waals surface area contributed by atoms with Crippen molar-refractivity contribution in [2.75, 3.05) is 6.54 Å². The number of hydroxylamine groups is 1. The molecule has 0 saturated carbocycles. The molecule has 40 heavy (non-hydrogen) atoms. The van der Waals surface area contributed by atoms with E-state index < -0.39 is 24.4 Å². The van der Waals surface area contributed by atoms with Crippen molar-refractivity contribution in [1.82, 2.24) is 0 Å². The van der Waals surface area contributed by atoms with E-state index in [1.165, 1.54) is 0 Å². The van der Waals surface area contributed by atoms with Crippen LogP contribution in [0.2, 0.25) is 0 Å². The summed E-state index contributed by atoms with van der Waals surface area (Å²) in [6.07, 6.45) is -0.796. The second-order valence-corrected chi connectivity index (χ2v) is 9.87. The van der Waals surface area contributed by atoms with Gasteiger partial charge in [-0.2, -0.15) is 0 Å². The number of hydrogen-bond acceptors (Lipinski definition) is 5. The zero-order valence-corrected chi connectivity index (χ0v) is 22.5. The van der Waals surface area contributed by atoms with Gasteiger partial charge in [-0.15, -0.1) is 0 Å². The maximum absolute atomic E-state index is 13.2. The minimum atomic E-state index is -0.646.